The van der Waals surface area contributed by atoms with Crippen LogP contribution in [-0.4, -0.2) is 25.1 Å². The van der Waals surface area contributed by atoms with E-state index in [1.54, 1.807) is 18.5 Å². The van der Waals surface area contributed by atoms with Crippen molar-refractivity contribution < 1.29 is 13.5 Å². The fourth-order valence-electron chi connectivity index (χ4n) is 3.62. The van der Waals surface area contributed by atoms with Gasteiger partial charge in [0.1, 0.15) is 5.82 Å². The molecule has 33 heavy (non-hydrogen) atoms. The number of alkyl halides is 1. The lowest BCUT2D eigenvalue weighted by Gasteiger charge is -2.08. The van der Waals surface area contributed by atoms with Crippen molar-refractivity contribution in [3.63, 3.8) is 0 Å². The Morgan fingerprint density at radius 2 is 1.94 bits per heavy atom. The zero-order chi connectivity index (χ0) is 23.2. The van der Waals surface area contributed by atoms with E-state index in [1.807, 2.05) is 24.3 Å². The molecule has 4 aromatic rings. The van der Waals surface area contributed by atoms with Gasteiger partial charge in [-0.05, 0) is 36.6 Å². The van der Waals surface area contributed by atoms with Gasteiger partial charge in [-0.25, -0.2) is 19.2 Å². The summed E-state index contributed by atoms with van der Waals surface area (Å²) in [5.41, 5.74) is 2.49. The Bertz CT molecular complexity index is 1270. The summed E-state index contributed by atoms with van der Waals surface area (Å²) in [4.78, 5) is 21.1. The van der Waals surface area contributed by atoms with Crippen molar-refractivity contribution in [3.05, 3.63) is 76.8 Å². The van der Waals surface area contributed by atoms with Gasteiger partial charge >= 0.3 is 5.76 Å². The Kier molecular flexibility index (Phi) is 7.74. The SMILES string of the molecule is CC(I)CCCCCOc1cnc(-c2cccc(Cn3c(=O)oc4cc(F)ccc43)c2)nc1. The van der Waals surface area contributed by atoms with Gasteiger partial charge in [0.15, 0.2) is 17.2 Å². The number of nitrogens with zero attached hydrogens (tertiary/aromatic N) is 3. The lowest BCUT2D eigenvalue weighted by molar-refractivity contribution is 0.302. The monoisotopic (exact) mass is 561 g/mol. The molecule has 2 aromatic heterocycles. The van der Waals surface area contributed by atoms with Gasteiger partial charge in [-0.3, -0.25) is 4.57 Å². The van der Waals surface area contributed by atoms with Gasteiger partial charge in [0.25, 0.3) is 0 Å². The van der Waals surface area contributed by atoms with E-state index >= 15 is 0 Å². The van der Waals surface area contributed by atoms with Crippen molar-refractivity contribution >= 4 is 33.7 Å². The van der Waals surface area contributed by atoms with Gasteiger partial charge in [0.05, 0.1) is 31.1 Å². The van der Waals surface area contributed by atoms with Crippen molar-refractivity contribution in [2.45, 2.75) is 43.1 Å². The molecular weight excluding hydrogens is 536 g/mol. The highest BCUT2D eigenvalue weighted by atomic mass is 127. The molecule has 0 N–H and O–H groups in total. The molecule has 2 heterocycles. The van der Waals surface area contributed by atoms with Crippen LogP contribution >= 0.6 is 22.6 Å². The number of fused-ring (bicyclic) bond motifs is 1. The molecule has 6 nitrogen and oxygen atoms in total. The molecule has 1 atom stereocenters. The maximum Gasteiger partial charge on any atom is 0.420 e. The third-order valence-corrected chi connectivity index (χ3v) is 5.92. The molecule has 2 aromatic carbocycles. The fourth-order valence-corrected chi connectivity index (χ4v) is 4.06. The third kappa shape index (κ3) is 6.19. The summed E-state index contributed by atoms with van der Waals surface area (Å²) in [5, 5.41) is 0. The second-order valence-electron chi connectivity index (χ2n) is 7.99. The number of hydrogen-bond acceptors (Lipinski definition) is 5. The van der Waals surface area contributed by atoms with Crippen LogP contribution in [0.3, 0.4) is 0 Å². The molecule has 1 unspecified atom stereocenters. The second-order valence-corrected chi connectivity index (χ2v) is 10.1. The van der Waals surface area contributed by atoms with Crippen LogP contribution in [0, 0.1) is 5.82 Å². The zero-order valence-corrected chi connectivity index (χ0v) is 20.5. The minimum absolute atomic E-state index is 0.231. The predicted molar refractivity (Wildman–Crippen MR) is 134 cm³/mol. The van der Waals surface area contributed by atoms with Crippen molar-refractivity contribution in [1.29, 1.82) is 0 Å². The van der Waals surface area contributed by atoms with Crippen molar-refractivity contribution in [2.75, 3.05) is 6.61 Å². The third-order valence-electron chi connectivity index (χ3n) is 5.30. The molecule has 4 rings (SSSR count). The highest BCUT2D eigenvalue weighted by Gasteiger charge is 2.11. The zero-order valence-electron chi connectivity index (χ0n) is 18.3. The maximum atomic E-state index is 13.4. The van der Waals surface area contributed by atoms with E-state index in [0.717, 1.165) is 24.0 Å². The molecule has 0 aliphatic heterocycles. The average Bonchev–Trinajstić information content (AvgIpc) is 3.10. The largest absolute Gasteiger partial charge is 0.490 e. The Morgan fingerprint density at radius 3 is 2.73 bits per heavy atom. The summed E-state index contributed by atoms with van der Waals surface area (Å²) >= 11 is 2.45. The smallest absolute Gasteiger partial charge is 0.420 e. The van der Waals surface area contributed by atoms with Gasteiger partial charge < -0.3 is 9.15 Å². The van der Waals surface area contributed by atoms with Crippen LogP contribution in [0.2, 0.25) is 0 Å². The van der Waals surface area contributed by atoms with Crippen LogP contribution in [0.15, 0.2) is 64.1 Å². The number of benzene rings is 2. The topological polar surface area (TPSA) is 70.2 Å². The molecule has 0 aliphatic carbocycles. The van der Waals surface area contributed by atoms with Crippen LogP contribution in [-0.2, 0) is 6.54 Å². The molecule has 0 saturated heterocycles. The standard InChI is InChI=1S/C25H25FIN3O3/c1-17(27)6-3-2-4-11-32-21-14-28-24(29-15-21)19-8-5-7-18(12-19)16-30-22-10-9-20(26)13-23(22)33-25(30)31/h5,7-10,12-15,17H,2-4,6,11,16H2,1H3. The number of hydrogen-bond donors (Lipinski definition) is 0. The van der Waals surface area contributed by atoms with Crippen LogP contribution in [0.4, 0.5) is 4.39 Å². The van der Waals surface area contributed by atoms with Gasteiger partial charge in [-0.2, -0.15) is 0 Å². The quantitative estimate of drug-likeness (QED) is 0.135. The molecule has 0 fully saturated rings. The minimum atomic E-state index is -0.525. The average molecular weight is 561 g/mol. The lowest BCUT2D eigenvalue weighted by atomic mass is 10.1. The Balaban J connectivity index is 1.40. The fraction of sp³-hybridized carbons (Fsp3) is 0.320. The maximum absolute atomic E-state index is 13.4. The van der Waals surface area contributed by atoms with Gasteiger partial charge in [-0.15, -0.1) is 0 Å². The summed E-state index contributed by atoms with van der Waals surface area (Å²) in [6.45, 7) is 3.18. The van der Waals surface area contributed by atoms with E-state index in [4.69, 9.17) is 9.15 Å². The Labute approximate surface area is 205 Å². The first-order valence-electron chi connectivity index (χ1n) is 11.0. The van der Waals surface area contributed by atoms with E-state index in [1.165, 1.54) is 29.5 Å². The number of halogens is 2. The summed E-state index contributed by atoms with van der Waals surface area (Å²) in [7, 11) is 0. The molecule has 172 valence electrons. The lowest BCUT2D eigenvalue weighted by Crippen LogP contribution is -2.14. The normalized spacial score (nSPS) is 12.2. The number of ether oxygens (including phenoxy) is 1. The molecule has 0 radical (unpaired) electrons. The highest BCUT2D eigenvalue weighted by Crippen LogP contribution is 2.21. The summed E-state index contributed by atoms with van der Waals surface area (Å²) in [6, 6.07) is 11.7. The molecule has 0 aliphatic rings. The molecule has 8 heteroatoms. The number of aromatic nitrogens is 3. The minimum Gasteiger partial charge on any atom is -0.490 e. The highest BCUT2D eigenvalue weighted by molar-refractivity contribution is 14.1. The van der Waals surface area contributed by atoms with E-state index in [9.17, 15) is 9.18 Å². The number of rotatable bonds is 10. The van der Waals surface area contributed by atoms with Crippen LogP contribution in [0.25, 0.3) is 22.5 Å². The first-order valence-corrected chi connectivity index (χ1v) is 12.2. The van der Waals surface area contributed by atoms with Crippen molar-refractivity contribution in [3.8, 4) is 17.1 Å². The molecular formula is C25H25FIN3O3. The van der Waals surface area contributed by atoms with Crippen LogP contribution in [0.5, 0.6) is 5.75 Å². The summed E-state index contributed by atoms with van der Waals surface area (Å²) in [5.74, 6) is 0.260. The van der Waals surface area contributed by atoms with Crippen molar-refractivity contribution in [2.24, 2.45) is 0 Å². The summed E-state index contributed by atoms with van der Waals surface area (Å²) in [6.07, 6.45) is 8.00. The molecule has 0 amide bonds. The van der Waals surface area contributed by atoms with Crippen LogP contribution in [0.1, 0.15) is 38.2 Å². The van der Waals surface area contributed by atoms with E-state index in [2.05, 4.69) is 39.5 Å². The van der Waals surface area contributed by atoms with E-state index in [-0.39, 0.29) is 5.58 Å². The molecule has 0 saturated carbocycles. The Hall–Kier alpha value is -2.75. The first kappa shape index (κ1) is 23.4. The van der Waals surface area contributed by atoms with E-state index in [0.29, 0.717) is 34.2 Å². The molecule has 0 bridgehead atoms. The van der Waals surface area contributed by atoms with E-state index < -0.39 is 11.6 Å². The predicted octanol–water partition coefficient (Wildman–Crippen LogP) is 6.00. The van der Waals surface area contributed by atoms with Gasteiger partial charge in [-0.1, -0.05) is 60.6 Å². The number of oxazole rings is 1. The summed E-state index contributed by atoms with van der Waals surface area (Å²) < 4.78 is 26.5. The number of unbranched alkanes of at least 4 members (excludes halogenated alkanes) is 2. The van der Waals surface area contributed by atoms with Crippen LogP contribution < -0.4 is 10.5 Å². The van der Waals surface area contributed by atoms with Gasteiger partial charge in [0, 0.05) is 15.6 Å². The molecule has 0 spiro atoms. The Morgan fingerprint density at radius 1 is 1.12 bits per heavy atom. The van der Waals surface area contributed by atoms with Crippen molar-refractivity contribution in [1.82, 2.24) is 14.5 Å². The second kappa shape index (κ2) is 10.9. The first-order chi connectivity index (χ1) is 16.0. The van der Waals surface area contributed by atoms with Gasteiger partial charge in [0.2, 0.25) is 0 Å².